The topological polar surface area (TPSA) is 102 Å². The first-order valence-corrected chi connectivity index (χ1v) is 14.6. The molecule has 3 atom stereocenters. The minimum Gasteiger partial charge on any atom is -0.444 e. The molecule has 1 aliphatic rings. The molecule has 1 aromatic carbocycles. The summed E-state index contributed by atoms with van der Waals surface area (Å²) in [6, 6.07) is 10.5. The van der Waals surface area contributed by atoms with Crippen LogP contribution in [0.15, 0.2) is 36.4 Å². The summed E-state index contributed by atoms with van der Waals surface area (Å²) in [6.45, 7) is 16.9. The molecule has 0 spiro atoms. The van der Waals surface area contributed by atoms with Crippen LogP contribution < -0.4 is 10.6 Å². The van der Waals surface area contributed by atoms with Gasteiger partial charge in [-0.3, -0.25) is 5.32 Å². The van der Waals surface area contributed by atoms with E-state index in [-0.39, 0.29) is 30.0 Å². The number of amides is 2. The molecule has 1 saturated heterocycles. The number of hydrogen-bond acceptors (Lipinski definition) is 7. The van der Waals surface area contributed by atoms with Gasteiger partial charge in [0.25, 0.3) is 0 Å². The number of hydrogen-bond donors (Lipinski definition) is 2. The van der Waals surface area contributed by atoms with Gasteiger partial charge in [-0.1, -0.05) is 12.1 Å². The lowest BCUT2D eigenvalue weighted by atomic mass is 9.99. The number of anilines is 1. The third-order valence-electron chi connectivity index (χ3n) is 6.51. The lowest BCUT2D eigenvalue weighted by Gasteiger charge is -2.24. The van der Waals surface area contributed by atoms with Crippen molar-refractivity contribution in [2.45, 2.75) is 91.6 Å². The first-order valence-electron chi connectivity index (χ1n) is 14.6. The molecule has 9 nitrogen and oxygen atoms in total. The number of carbonyl (C=O) groups excluding carboxylic acids is 2. The fraction of sp³-hybridized carbons (Fsp3) is 0.594. The quantitative estimate of drug-likeness (QED) is 0.335. The average molecular weight is 587 g/mol. The summed E-state index contributed by atoms with van der Waals surface area (Å²) in [4.78, 5) is 31.6. The number of pyridine rings is 1. The van der Waals surface area contributed by atoms with Crippen molar-refractivity contribution in [2.24, 2.45) is 5.92 Å². The molecule has 0 radical (unpaired) electrons. The summed E-state index contributed by atoms with van der Waals surface area (Å²) in [6.07, 6.45) is 0.101. The van der Waals surface area contributed by atoms with Crippen LogP contribution in [-0.4, -0.2) is 71.7 Å². The molecule has 232 valence electrons. The molecule has 3 unspecified atom stereocenters. The molecular weight excluding hydrogens is 539 g/mol. The summed E-state index contributed by atoms with van der Waals surface area (Å²) in [5.74, 6) is 0.154. The van der Waals surface area contributed by atoms with E-state index >= 15 is 0 Å². The van der Waals surface area contributed by atoms with Crippen LogP contribution in [0, 0.1) is 18.7 Å². The molecule has 2 N–H and O–H groups in total. The summed E-state index contributed by atoms with van der Waals surface area (Å²) >= 11 is 0. The summed E-state index contributed by atoms with van der Waals surface area (Å²) in [5, 5.41) is 6.16. The fourth-order valence-electron chi connectivity index (χ4n) is 4.89. The maximum Gasteiger partial charge on any atom is 0.413 e. The van der Waals surface area contributed by atoms with E-state index in [1.54, 1.807) is 43.9 Å². The zero-order valence-corrected chi connectivity index (χ0v) is 26.3. The Balaban J connectivity index is 1.63. The highest BCUT2D eigenvalue weighted by Gasteiger charge is 2.38. The van der Waals surface area contributed by atoms with Crippen molar-refractivity contribution in [1.82, 2.24) is 15.2 Å². The Morgan fingerprint density at radius 3 is 2.45 bits per heavy atom. The van der Waals surface area contributed by atoms with Crippen LogP contribution in [0.3, 0.4) is 0 Å². The van der Waals surface area contributed by atoms with Crippen LogP contribution >= 0.6 is 0 Å². The molecule has 1 fully saturated rings. The van der Waals surface area contributed by atoms with E-state index in [1.807, 2.05) is 39.8 Å². The van der Waals surface area contributed by atoms with E-state index in [9.17, 15) is 14.0 Å². The van der Waals surface area contributed by atoms with Crippen LogP contribution in [0.2, 0.25) is 0 Å². The van der Waals surface area contributed by atoms with E-state index in [4.69, 9.17) is 14.2 Å². The Kier molecular flexibility index (Phi) is 11.3. The van der Waals surface area contributed by atoms with E-state index < -0.39 is 17.3 Å². The van der Waals surface area contributed by atoms with Gasteiger partial charge in [-0.05, 0) is 104 Å². The normalized spacial score (nSPS) is 18.1. The van der Waals surface area contributed by atoms with Gasteiger partial charge >= 0.3 is 12.2 Å². The first kappa shape index (κ1) is 33.3. The molecule has 1 aromatic heterocycles. The number of ether oxygens (including phenoxy) is 3. The Labute approximate surface area is 249 Å². The van der Waals surface area contributed by atoms with Crippen LogP contribution in [0.25, 0.3) is 0 Å². The molecule has 0 saturated carbocycles. The molecule has 0 bridgehead atoms. The van der Waals surface area contributed by atoms with Crippen molar-refractivity contribution in [3.63, 3.8) is 0 Å². The van der Waals surface area contributed by atoms with Crippen LogP contribution in [0.1, 0.15) is 65.3 Å². The molecule has 2 aromatic rings. The Morgan fingerprint density at radius 1 is 1.07 bits per heavy atom. The van der Waals surface area contributed by atoms with Gasteiger partial charge in [0, 0.05) is 30.7 Å². The Hall–Kier alpha value is -3.24. The predicted octanol–water partition coefficient (Wildman–Crippen LogP) is 5.89. The molecular formula is C32H47FN4O5. The van der Waals surface area contributed by atoms with E-state index in [0.29, 0.717) is 44.9 Å². The Morgan fingerprint density at radius 2 is 1.79 bits per heavy atom. The third kappa shape index (κ3) is 11.6. The van der Waals surface area contributed by atoms with E-state index in [2.05, 4.69) is 22.5 Å². The van der Waals surface area contributed by atoms with E-state index in [1.165, 1.54) is 6.07 Å². The summed E-state index contributed by atoms with van der Waals surface area (Å²) in [5.41, 5.74) is 1.44. The minimum atomic E-state index is -0.623. The van der Waals surface area contributed by atoms with Crippen molar-refractivity contribution < 1.29 is 28.2 Å². The number of nitrogens with zero attached hydrogens (tertiary/aromatic N) is 2. The van der Waals surface area contributed by atoms with Crippen LogP contribution in [0.5, 0.6) is 0 Å². The third-order valence-corrected chi connectivity index (χ3v) is 6.51. The van der Waals surface area contributed by atoms with Crippen LogP contribution in [-0.2, 0) is 27.1 Å². The molecule has 42 heavy (non-hydrogen) atoms. The number of likely N-dealkylation sites (tertiary alicyclic amines) is 1. The summed E-state index contributed by atoms with van der Waals surface area (Å²) < 4.78 is 30.8. The highest BCUT2D eigenvalue weighted by atomic mass is 19.1. The smallest absolute Gasteiger partial charge is 0.413 e. The number of halogens is 1. The monoisotopic (exact) mass is 586 g/mol. The number of benzene rings is 1. The van der Waals surface area contributed by atoms with Crippen molar-refractivity contribution in [2.75, 3.05) is 31.6 Å². The van der Waals surface area contributed by atoms with Gasteiger partial charge in [-0.2, -0.15) is 0 Å². The summed E-state index contributed by atoms with van der Waals surface area (Å²) in [7, 11) is 0. The molecule has 10 heteroatoms. The largest absolute Gasteiger partial charge is 0.444 e. The van der Waals surface area contributed by atoms with Crippen molar-refractivity contribution in [3.8, 4) is 0 Å². The van der Waals surface area contributed by atoms with Crippen molar-refractivity contribution >= 4 is 18.0 Å². The molecule has 1 aliphatic heterocycles. The second kappa shape index (κ2) is 14.3. The number of nitrogens with one attached hydrogen (secondary N) is 2. The van der Waals surface area contributed by atoms with Gasteiger partial charge in [0.2, 0.25) is 0 Å². The SMILES string of the molecule is Cc1cc(CC2CN(C(=O)OC(C)(C)C)CC2OCCNC(C)Cc2cccc(F)c2)nc(NC(=O)OC(C)(C)C)c1. The highest BCUT2D eigenvalue weighted by Crippen LogP contribution is 2.26. The minimum absolute atomic E-state index is 0.0223. The van der Waals surface area contributed by atoms with Crippen molar-refractivity contribution in [3.05, 3.63) is 59.0 Å². The predicted molar refractivity (Wildman–Crippen MR) is 161 cm³/mol. The first-order chi connectivity index (χ1) is 19.6. The zero-order valence-electron chi connectivity index (χ0n) is 26.3. The lowest BCUT2D eigenvalue weighted by Crippen LogP contribution is -2.36. The number of carbonyl (C=O) groups is 2. The van der Waals surface area contributed by atoms with Gasteiger partial charge in [0.15, 0.2) is 0 Å². The van der Waals surface area contributed by atoms with Gasteiger partial charge in [0.1, 0.15) is 22.8 Å². The molecule has 3 rings (SSSR count). The molecule has 0 aliphatic carbocycles. The van der Waals surface area contributed by atoms with Crippen molar-refractivity contribution in [1.29, 1.82) is 0 Å². The maximum absolute atomic E-state index is 13.5. The molecule has 2 amide bonds. The second-order valence-corrected chi connectivity index (χ2v) is 13.1. The standard InChI is InChI=1S/C32H47FN4O5/c1-21-14-26(35-28(15-21)36-29(38)41-31(3,4)5)18-24-19-37(30(39)42-32(6,7)8)20-27(24)40-13-12-34-22(2)16-23-10-9-11-25(33)17-23/h9-11,14-15,17,22,24,27,34H,12-13,16,18-20H2,1-8H3,(H,35,36,38). The number of rotatable bonds is 10. The maximum atomic E-state index is 13.5. The van der Waals surface area contributed by atoms with Gasteiger partial charge < -0.3 is 24.4 Å². The molecule has 2 heterocycles. The van der Waals surface area contributed by atoms with Gasteiger partial charge in [-0.25, -0.2) is 19.0 Å². The van der Waals surface area contributed by atoms with Gasteiger partial charge in [-0.15, -0.1) is 0 Å². The zero-order chi connectivity index (χ0) is 31.1. The second-order valence-electron chi connectivity index (χ2n) is 13.1. The van der Waals surface area contributed by atoms with Gasteiger partial charge in [0.05, 0.1) is 19.3 Å². The Bertz CT molecular complexity index is 1210. The lowest BCUT2D eigenvalue weighted by molar-refractivity contribution is 0.0184. The average Bonchev–Trinajstić information content (AvgIpc) is 3.22. The van der Waals surface area contributed by atoms with E-state index in [0.717, 1.165) is 16.8 Å². The number of aryl methyl sites for hydroxylation is 1. The van der Waals surface area contributed by atoms with Crippen LogP contribution in [0.4, 0.5) is 19.8 Å². The highest BCUT2D eigenvalue weighted by molar-refractivity contribution is 5.83. The fourth-order valence-corrected chi connectivity index (χ4v) is 4.89. The number of aromatic nitrogens is 1.